The molecular formula is C28H46O3. The first-order valence-electron chi connectivity index (χ1n) is 12.6. The Morgan fingerprint density at radius 1 is 1.19 bits per heavy atom. The Hall–Kier alpha value is -0.900. The molecule has 3 heteroatoms. The molecule has 176 valence electrons. The smallest absolute Gasteiger partial charge is 0.0811 e. The zero-order chi connectivity index (χ0) is 23.0. The molecule has 7 atom stereocenters. The number of aliphatic hydroxyl groups excluding tert-OH is 2. The lowest BCUT2D eigenvalue weighted by molar-refractivity contribution is 0.0447. The van der Waals surface area contributed by atoms with Crippen molar-refractivity contribution in [2.24, 2.45) is 29.1 Å². The molecule has 3 saturated carbocycles. The van der Waals surface area contributed by atoms with E-state index in [2.05, 4.69) is 39.5 Å². The number of hydrogen-bond donors (Lipinski definition) is 3. The quantitative estimate of drug-likeness (QED) is 0.488. The van der Waals surface area contributed by atoms with Crippen LogP contribution in [0.1, 0.15) is 92.4 Å². The summed E-state index contributed by atoms with van der Waals surface area (Å²) >= 11 is 0. The van der Waals surface area contributed by atoms with E-state index in [1.54, 1.807) is 5.57 Å². The third-order valence-corrected chi connectivity index (χ3v) is 9.05. The average Bonchev–Trinajstić information content (AvgIpc) is 3.04. The van der Waals surface area contributed by atoms with Crippen LogP contribution in [0, 0.1) is 29.1 Å². The lowest BCUT2D eigenvalue weighted by Gasteiger charge is -2.45. The molecule has 0 saturated heterocycles. The highest BCUT2D eigenvalue weighted by atomic mass is 16.3. The molecule has 0 aromatic heterocycles. The summed E-state index contributed by atoms with van der Waals surface area (Å²) in [5, 5.41) is 30.4. The summed E-state index contributed by atoms with van der Waals surface area (Å²) in [7, 11) is 0. The highest BCUT2D eigenvalue weighted by Crippen LogP contribution is 2.60. The Kier molecular flexibility index (Phi) is 7.61. The molecule has 0 aliphatic heterocycles. The molecule has 0 radical (unpaired) electrons. The minimum Gasteiger partial charge on any atom is -0.393 e. The molecule has 0 bridgehead atoms. The van der Waals surface area contributed by atoms with E-state index in [9.17, 15) is 15.3 Å². The average molecular weight is 431 g/mol. The SMILES string of the molecule is C=C1/C(=C\C=C2/CCC[C@]3(C)[C@@H]([C@H](C)[C@H](C)CCC(C)(C)O)CC[C@@H]23)C[C@@H](O)C[C@@H]1O. The van der Waals surface area contributed by atoms with Crippen molar-refractivity contribution in [3.05, 3.63) is 35.5 Å². The van der Waals surface area contributed by atoms with Gasteiger partial charge in [-0.3, -0.25) is 0 Å². The van der Waals surface area contributed by atoms with Crippen molar-refractivity contribution >= 4 is 0 Å². The van der Waals surface area contributed by atoms with Gasteiger partial charge in [0.05, 0.1) is 17.8 Å². The van der Waals surface area contributed by atoms with Gasteiger partial charge in [0, 0.05) is 6.42 Å². The van der Waals surface area contributed by atoms with Gasteiger partial charge in [-0.2, -0.15) is 0 Å². The predicted octanol–water partition coefficient (Wildman–Crippen LogP) is 5.95. The van der Waals surface area contributed by atoms with Crippen LogP contribution in [0.15, 0.2) is 35.5 Å². The lowest BCUT2D eigenvalue weighted by atomic mass is 9.59. The molecule has 0 amide bonds. The summed E-state index contributed by atoms with van der Waals surface area (Å²) in [6, 6.07) is 0. The molecular weight excluding hydrogens is 384 g/mol. The third kappa shape index (κ3) is 5.54. The van der Waals surface area contributed by atoms with Crippen molar-refractivity contribution in [1.29, 1.82) is 0 Å². The van der Waals surface area contributed by atoms with Crippen molar-refractivity contribution in [3.8, 4) is 0 Å². The molecule has 3 fully saturated rings. The fraction of sp³-hybridized carbons (Fsp3) is 0.786. The molecule has 3 aliphatic rings. The van der Waals surface area contributed by atoms with E-state index in [1.165, 1.54) is 25.7 Å². The number of hydrogen-bond acceptors (Lipinski definition) is 3. The van der Waals surface area contributed by atoms with Crippen LogP contribution in [-0.4, -0.2) is 33.1 Å². The fourth-order valence-corrected chi connectivity index (χ4v) is 6.85. The Morgan fingerprint density at radius 3 is 2.58 bits per heavy atom. The molecule has 3 nitrogen and oxygen atoms in total. The molecule has 0 heterocycles. The largest absolute Gasteiger partial charge is 0.393 e. The second kappa shape index (κ2) is 9.53. The van der Waals surface area contributed by atoms with Gasteiger partial charge in [-0.1, -0.05) is 45.1 Å². The fourth-order valence-electron chi connectivity index (χ4n) is 6.85. The van der Waals surface area contributed by atoms with Crippen molar-refractivity contribution in [2.45, 2.75) is 110 Å². The van der Waals surface area contributed by atoms with E-state index in [-0.39, 0.29) is 0 Å². The molecule has 0 unspecified atom stereocenters. The summed E-state index contributed by atoms with van der Waals surface area (Å²) in [6.45, 7) is 15.3. The van der Waals surface area contributed by atoms with Crippen LogP contribution in [0.25, 0.3) is 0 Å². The highest BCUT2D eigenvalue weighted by Gasteiger charge is 2.51. The molecule has 3 N–H and O–H groups in total. The maximum atomic E-state index is 10.2. The number of fused-ring (bicyclic) bond motifs is 1. The van der Waals surface area contributed by atoms with Crippen molar-refractivity contribution < 1.29 is 15.3 Å². The maximum absolute atomic E-state index is 10.2. The first-order valence-corrected chi connectivity index (χ1v) is 12.6. The van der Waals surface area contributed by atoms with Crippen molar-refractivity contribution in [1.82, 2.24) is 0 Å². The van der Waals surface area contributed by atoms with Gasteiger partial charge in [-0.15, -0.1) is 0 Å². The van der Waals surface area contributed by atoms with Crippen LogP contribution >= 0.6 is 0 Å². The van der Waals surface area contributed by atoms with Crippen LogP contribution in [0.4, 0.5) is 0 Å². The van der Waals surface area contributed by atoms with E-state index in [0.717, 1.165) is 36.3 Å². The van der Waals surface area contributed by atoms with Crippen LogP contribution in [0.3, 0.4) is 0 Å². The van der Waals surface area contributed by atoms with E-state index in [1.807, 2.05) is 13.8 Å². The Balaban J connectivity index is 1.74. The Labute approximate surface area is 190 Å². The van der Waals surface area contributed by atoms with Crippen LogP contribution in [0.2, 0.25) is 0 Å². The molecule has 3 aliphatic carbocycles. The van der Waals surface area contributed by atoms with Gasteiger partial charge in [0.15, 0.2) is 0 Å². The first kappa shape index (κ1) is 24.7. The summed E-state index contributed by atoms with van der Waals surface area (Å²) in [6.07, 6.45) is 12.6. The van der Waals surface area contributed by atoms with Crippen LogP contribution in [0.5, 0.6) is 0 Å². The monoisotopic (exact) mass is 430 g/mol. The van der Waals surface area contributed by atoms with Gasteiger partial charge in [0.25, 0.3) is 0 Å². The molecule has 0 spiro atoms. The second-order valence-electron chi connectivity index (χ2n) is 11.9. The minimum absolute atomic E-state index is 0.355. The van der Waals surface area contributed by atoms with Gasteiger partial charge in [-0.25, -0.2) is 0 Å². The Bertz CT molecular complexity index is 712. The highest BCUT2D eigenvalue weighted by molar-refractivity contribution is 5.38. The summed E-state index contributed by atoms with van der Waals surface area (Å²) in [5.74, 6) is 2.66. The molecule has 0 aromatic rings. The zero-order valence-corrected chi connectivity index (χ0v) is 20.5. The standard InChI is InChI=1S/C28H46O3/c1-18(13-15-27(4,5)31)19(2)24-11-12-25-21(8-7-14-28(24,25)6)9-10-22-16-23(29)17-26(30)20(22)3/h9-10,18-19,23-26,29-31H,3,7-8,11-17H2,1-2,4-6H3/b21-9+,22-10-/t18-,19-,23-,24-,25+,26+,28-/m1/s1. The lowest BCUT2D eigenvalue weighted by Crippen LogP contribution is -2.37. The van der Waals surface area contributed by atoms with E-state index in [4.69, 9.17) is 0 Å². The van der Waals surface area contributed by atoms with Gasteiger partial charge in [-0.05, 0) is 105 Å². The van der Waals surface area contributed by atoms with Crippen LogP contribution in [-0.2, 0) is 0 Å². The molecule has 0 aromatic carbocycles. The number of aliphatic hydroxyl groups is 3. The number of rotatable bonds is 6. The van der Waals surface area contributed by atoms with E-state index in [0.29, 0.717) is 36.0 Å². The summed E-state index contributed by atoms with van der Waals surface area (Å²) < 4.78 is 0. The zero-order valence-electron chi connectivity index (χ0n) is 20.5. The van der Waals surface area contributed by atoms with Gasteiger partial charge >= 0.3 is 0 Å². The Morgan fingerprint density at radius 2 is 1.90 bits per heavy atom. The van der Waals surface area contributed by atoms with Gasteiger partial charge in [0.2, 0.25) is 0 Å². The van der Waals surface area contributed by atoms with Crippen molar-refractivity contribution in [3.63, 3.8) is 0 Å². The minimum atomic E-state index is -0.618. The molecule has 3 rings (SSSR count). The second-order valence-corrected chi connectivity index (χ2v) is 11.9. The van der Waals surface area contributed by atoms with Crippen molar-refractivity contribution in [2.75, 3.05) is 0 Å². The van der Waals surface area contributed by atoms with Gasteiger partial charge in [0.1, 0.15) is 0 Å². The maximum Gasteiger partial charge on any atom is 0.0811 e. The summed E-state index contributed by atoms with van der Waals surface area (Å²) in [4.78, 5) is 0. The van der Waals surface area contributed by atoms with E-state index < -0.39 is 17.8 Å². The van der Waals surface area contributed by atoms with Gasteiger partial charge < -0.3 is 15.3 Å². The predicted molar refractivity (Wildman–Crippen MR) is 129 cm³/mol. The van der Waals surface area contributed by atoms with E-state index >= 15 is 0 Å². The molecule has 31 heavy (non-hydrogen) atoms. The topological polar surface area (TPSA) is 60.7 Å². The number of allylic oxidation sites excluding steroid dienone is 3. The van der Waals surface area contributed by atoms with Crippen LogP contribution < -0.4 is 0 Å². The summed E-state index contributed by atoms with van der Waals surface area (Å²) in [5.41, 5.74) is 3.12. The first-order chi connectivity index (χ1) is 14.4. The third-order valence-electron chi connectivity index (χ3n) is 9.05. The normalized spacial score (nSPS) is 39.0.